The lowest BCUT2D eigenvalue weighted by atomic mass is 9.98. The van der Waals surface area contributed by atoms with Gasteiger partial charge in [-0.2, -0.15) is 0 Å². The minimum absolute atomic E-state index is 0.000714. The maximum Gasteiger partial charge on any atom is 0.340 e. The van der Waals surface area contributed by atoms with E-state index in [0.29, 0.717) is 28.5 Å². The quantitative estimate of drug-likeness (QED) is 0.769. The van der Waals surface area contributed by atoms with Gasteiger partial charge in [-0.15, -0.1) is 0 Å². The molecule has 0 fully saturated rings. The molecule has 0 aliphatic carbocycles. The van der Waals surface area contributed by atoms with E-state index in [1.807, 2.05) is 18.2 Å². The van der Waals surface area contributed by atoms with Gasteiger partial charge in [-0.05, 0) is 35.7 Å². The molecule has 0 bridgehead atoms. The Morgan fingerprint density at radius 3 is 2.56 bits per heavy atom. The molecule has 5 rings (SSSR count). The Balaban J connectivity index is 1.81. The Bertz CT molecular complexity index is 1050. The lowest BCUT2D eigenvalue weighted by molar-refractivity contribution is 0.0693. The fourth-order valence-corrected chi connectivity index (χ4v) is 3.16. The molecule has 2 aromatic carbocycles. The number of rotatable bonds is 2. The molecule has 3 heterocycles. The Kier molecular flexibility index (Phi) is 2.79. The van der Waals surface area contributed by atoms with Gasteiger partial charge in [-0.1, -0.05) is 0 Å². The molecule has 0 unspecified atom stereocenters. The van der Waals surface area contributed by atoms with Crippen LogP contribution in [0.4, 0.5) is 0 Å². The average molecular weight is 337 g/mol. The number of pyridine rings is 1. The molecule has 0 amide bonds. The number of carboxylic acids is 1. The zero-order valence-corrected chi connectivity index (χ0v) is 12.8. The van der Waals surface area contributed by atoms with Crippen LogP contribution in [0.3, 0.4) is 0 Å². The van der Waals surface area contributed by atoms with E-state index in [-0.39, 0.29) is 24.9 Å². The van der Waals surface area contributed by atoms with E-state index in [9.17, 15) is 9.90 Å². The Labute approximate surface area is 141 Å². The predicted octanol–water partition coefficient (Wildman–Crippen LogP) is 3.06. The van der Waals surface area contributed by atoms with Crippen LogP contribution in [0.1, 0.15) is 10.4 Å². The van der Waals surface area contributed by atoms with Gasteiger partial charge in [0.25, 0.3) is 0 Å². The van der Waals surface area contributed by atoms with Crippen molar-refractivity contribution in [2.45, 2.75) is 0 Å². The molecule has 1 N–H and O–H groups in total. The van der Waals surface area contributed by atoms with Gasteiger partial charge in [-0.3, -0.25) is 4.98 Å². The van der Waals surface area contributed by atoms with Crippen molar-refractivity contribution < 1.29 is 28.8 Å². The zero-order valence-electron chi connectivity index (χ0n) is 12.8. The predicted molar refractivity (Wildman–Crippen MR) is 86.4 cm³/mol. The molecule has 1 aromatic heterocycles. The molecular formula is C18H11NO6. The van der Waals surface area contributed by atoms with E-state index in [4.69, 9.17) is 18.9 Å². The maximum absolute atomic E-state index is 11.9. The molecule has 0 saturated carbocycles. The third-order valence-electron chi connectivity index (χ3n) is 4.27. The van der Waals surface area contributed by atoms with Gasteiger partial charge < -0.3 is 24.1 Å². The fraction of sp³-hybridized carbons (Fsp3) is 0.111. The molecule has 0 atom stereocenters. The first-order valence-corrected chi connectivity index (χ1v) is 7.57. The van der Waals surface area contributed by atoms with Crippen LogP contribution < -0.4 is 18.9 Å². The maximum atomic E-state index is 11.9. The number of carbonyl (C=O) groups is 1. The number of benzene rings is 2. The van der Waals surface area contributed by atoms with Crippen molar-refractivity contribution in [2.75, 3.05) is 13.6 Å². The summed E-state index contributed by atoms with van der Waals surface area (Å²) in [6, 6.07) is 8.89. The summed E-state index contributed by atoms with van der Waals surface area (Å²) < 4.78 is 21.5. The highest BCUT2D eigenvalue weighted by molar-refractivity contribution is 6.05. The number of aromatic nitrogens is 1. The van der Waals surface area contributed by atoms with E-state index in [1.54, 1.807) is 18.3 Å². The lowest BCUT2D eigenvalue weighted by Gasteiger charge is -2.11. The number of nitrogens with zero attached hydrogens (tertiary/aromatic N) is 1. The van der Waals surface area contributed by atoms with Crippen molar-refractivity contribution >= 4 is 16.7 Å². The summed E-state index contributed by atoms with van der Waals surface area (Å²) in [5.41, 5.74) is 1.03. The highest BCUT2D eigenvalue weighted by Crippen LogP contribution is 2.44. The van der Waals surface area contributed by atoms with Crippen molar-refractivity contribution in [1.29, 1.82) is 0 Å². The fourth-order valence-electron chi connectivity index (χ4n) is 3.16. The van der Waals surface area contributed by atoms with Crippen LogP contribution in [0.5, 0.6) is 23.0 Å². The number of fused-ring (bicyclic) bond motifs is 3. The molecule has 0 saturated heterocycles. The molecule has 25 heavy (non-hydrogen) atoms. The second kappa shape index (κ2) is 5.01. The molecule has 7 nitrogen and oxygen atoms in total. The molecular weight excluding hydrogens is 326 g/mol. The lowest BCUT2D eigenvalue weighted by Crippen LogP contribution is -2.03. The normalized spacial score (nSPS) is 14.1. The first kappa shape index (κ1) is 13.9. The van der Waals surface area contributed by atoms with Crippen molar-refractivity contribution in [2.24, 2.45) is 0 Å². The average Bonchev–Trinajstić information content (AvgIpc) is 3.26. The number of aromatic carboxylic acids is 1. The van der Waals surface area contributed by atoms with E-state index < -0.39 is 5.97 Å². The second-order valence-corrected chi connectivity index (χ2v) is 5.61. The number of hydrogen-bond donors (Lipinski definition) is 1. The summed E-state index contributed by atoms with van der Waals surface area (Å²) in [4.78, 5) is 16.3. The molecule has 2 aliphatic heterocycles. The van der Waals surface area contributed by atoms with Crippen molar-refractivity contribution in [1.82, 2.24) is 4.98 Å². The monoisotopic (exact) mass is 337 g/mol. The highest BCUT2D eigenvalue weighted by atomic mass is 16.7. The molecule has 7 heteroatoms. The smallest absolute Gasteiger partial charge is 0.340 e. The van der Waals surface area contributed by atoms with Gasteiger partial charge in [0.05, 0.1) is 5.69 Å². The molecule has 2 aliphatic rings. The number of ether oxygens (including phenoxy) is 4. The van der Waals surface area contributed by atoms with Crippen molar-refractivity contribution in [3.63, 3.8) is 0 Å². The van der Waals surface area contributed by atoms with Gasteiger partial charge in [0.2, 0.25) is 13.6 Å². The van der Waals surface area contributed by atoms with Crippen molar-refractivity contribution in [3.05, 3.63) is 42.1 Å². The van der Waals surface area contributed by atoms with Gasteiger partial charge in [-0.25, -0.2) is 4.79 Å². The molecule has 3 aromatic rings. The molecule has 0 spiro atoms. The summed E-state index contributed by atoms with van der Waals surface area (Å²) in [5, 5.41) is 11.4. The Hall–Kier alpha value is -3.48. The van der Waals surface area contributed by atoms with Crippen LogP contribution in [0.2, 0.25) is 0 Å². The summed E-state index contributed by atoms with van der Waals surface area (Å²) in [5.74, 6) is 0.814. The number of carboxylic acid groups (broad SMARTS) is 1. The minimum atomic E-state index is -1.10. The standard InChI is InChI=1S/C18H11NO6/c20-18(21)15-10(1-2-12-17(15)25-8-22-12)16-11-6-14-13(23-7-24-14)5-9(11)3-4-19-16/h1-6H,7-8H2,(H,20,21). The molecule has 0 radical (unpaired) electrons. The van der Waals surface area contributed by atoms with E-state index >= 15 is 0 Å². The van der Waals surface area contributed by atoms with Crippen LogP contribution in [0, 0.1) is 0 Å². The Morgan fingerprint density at radius 1 is 0.960 bits per heavy atom. The third-order valence-corrected chi connectivity index (χ3v) is 4.27. The van der Waals surface area contributed by atoms with E-state index in [1.165, 1.54) is 0 Å². The van der Waals surface area contributed by atoms with Gasteiger partial charge in [0, 0.05) is 17.1 Å². The van der Waals surface area contributed by atoms with Crippen LogP contribution in [-0.4, -0.2) is 29.6 Å². The van der Waals surface area contributed by atoms with Crippen LogP contribution in [0.15, 0.2) is 36.5 Å². The first-order valence-electron chi connectivity index (χ1n) is 7.57. The van der Waals surface area contributed by atoms with Gasteiger partial charge in [0.1, 0.15) is 5.56 Å². The third kappa shape index (κ3) is 1.99. The van der Waals surface area contributed by atoms with Gasteiger partial charge >= 0.3 is 5.97 Å². The topological polar surface area (TPSA) is 87.1 Å². The van der Waals surface area contributed by atoms with Gasteiger partial charge in [0.15, 0.2) is 23.0 Å². The van der Waals surface area contributed by atoms with Crippen LogP contribution >= 0.6 is 0 Å². The summed E-state index contributed by atoms with van der Waals surface area (Å²) in [6.07, 6.45) is 1.64. The summed E-state index contributed by atoms with van der Waals surface area (Å²) >= 11 is 0. The minimum Gasteiger partial charge on any atom is -0.478 e. The second-order valence-electron chi connectivity index (χ2n) is 5.61. The summed E-state index contributed by atoms with van der Waals surface area (Å²) in [7, 11) is 0. The van der Waals surface area contributed by atoms with Crippen molar-refractivity contribution in [3.8, 4) is 34.3 Å². The summed E-state index contributed by atoms with van der Waals surface area (Å²) in [6.45, 7) is 0.166. The first-order chi connectivity index (χ1) is 12.2. The zero-order chi connectivity index (χ0) is 17.0. The Morgan fingerprint density at radius 2 is 1.72 bits per heavy atom. The van der Waals surface area contributed by atoms with Crippen LogP contribution in [0.25, 0.3) is 22.0 Å². The highest BCUT2D eigenvalue weighted by Gasteiger charge is 2.27. The largest absolute Gasteiger partial charge is 0.478 e. The van der Waals surface area contributed by atoms with Crippen LogP contribution in [-0.2, 0) is 0 Å². The molecule has 124 valence electrons. The SMILES string of the molecule is O=C(O)c1c(-c2nccc3cc4c(cc23)OCO4)ccc2c1OCO2. The van der Waals surface area contributed by atoms with E-state index in [0.717, 1.165) is 10.8 Å². The number of hydrogen-bond acceptors (Lipinski definition) is 6. The van der Waals surface area contributed by atoms with E-state index in [2.05, 4.69) is 4.98 Å².